The Morgan fingerprint density at radius 2 is 2.25 bits per heavy atom. The predicted octanol–water partition coefficient (Wildman–Crippen LogP) is 1.22. The number of aliphatic hydroxyl groups is 1. The molecule has 0 saturated carbocycles. The molecular weight excluding hydrogens is 204 g/mol. The van der Waals surface area contributed by atoms with E-state index in [2.05, 4.69) is 10.3 Å². The zero-order valence-corrected chi connectivity index (χ0v) is 9.68. The fourth-order valence-corrected chi connectivity index (χ4v) is 1.43. The highest BCUT2D eigenvalue weighted by atomic mass is 16.3. The number of carbonyl (C=O) groups excluding carboxylic acids is 1. The Labute approximate surface area is 95.7 Å². The van der Waals surface area contributed by atoms with Crippen LogP contribution in [0.3, 0.4) is 0 Å². The summed E-state index contributed by atoms with van der Waals surface area (Å²) in [6.07, 6.45) is 1.76. The maximum Gasteiger partial charge on any atom is 0.269 e. The topological polar surface area (TPSA) is 62.2 Å². The molecular formula is C12H18N2O2. The third-order valence-electron chi connectivity index (χ3n) is 2.14. The molecule has 2 N–H and O–H groups in total. The van der Waals surface area contributed by atoms with Crippen molar-refractivity contribution in [2.24, 2.45) is 5.92 Å². The van der Waals surface area contributed by atoms with Crippen LogP contribution in [0.2, 0.25) is 0 Å². The molecule has 1 heterocycles. The third kappa shape index (κ3) is 4.40. The van der Waals surface area contributed by atoms with Crippen molar-refractivity contribution < 1.29 is 9.90 Å². The van der Waals surface area contributed by atoms with Crippen LogP contribution in [0, 0.1) is 5.92 Å². The largest absolute Gasteiger partial charge is 0.391 e. The summed E-state index contributed by atoms with van der Waals surface area (Å²) >= 11 is 0. The summed E-state index contributed by atoms with van der Waals surface area (Å²) in [6, 6.07) is 5.15. The van der Waals surface area contributed by atoms with E-state index in [1.807, 2.05) is 13.8 Å². The van der Waals surface area contributed by atoms with E-state index in [1.165, 1.54) is 0 Å². The first-order valence-electron chi connectivity index (χ1n) is 5.47. The Morgan fingerprint density at radius 3 is 2.81 bits per heavy atom. The highest BCUT2D eigenvalue weighted by Gasteiger charge is 2.10. The number of hydrogen-bond donors (Lipinski definition) is 2. The first kappa shape index (κ1) is 12.6. The van der Waals surface area contributed by atoms with Crippen molar-refractivity contribution in [2.45, 2.75) is 26.4 Å². The Hall–Kier alpha value is -1.42. The molecule has 4 nitrogen and oxygen atoms in total. The number of aromatic nitrogens is 1. The second kappa shape index (κ2) is 6.23. The van der Waals surface area contributed by atoms with Gasteiger partial charge >= 0.3 is 0 Å². The first-order valence-corrected chi connectivity index (χ1v) is 5.47. The molecule has 1 atom stereocenters. The van der Waals surface area contributed by atoms with E-state index < -0.39 is 6.10 Å². The second-order valence-corrected chi connectivity index (χ2v) is 4.21. The van der Waals surface area contributed by atoms with E-state index >= 15 is 0 Å². The normalized spacial score (nSPS) is 12.5. The van der Waals surface area contributed by atoms with Gasteiger partial charge in [-0.15, -0.1) is 0 Å². The molecule has 0 saturated heterocycles. The molecule has 0 aromatic carbocycles. The minimum atomic E-state index is -0.493. The number of amides is 1. The molecule has 0 spiro atoms. The summed E-state index contributed by atoms with van der Waals surface area (Å²) in [5.74, 6) is 0.171. The maximum atomic E-state index is 11.6. The van der Waals surface area contributed by atoms with Crippen LogP contribution in [0.4, 0.5) is 0 Å². The molecule has 0 bridgehead atoms. The van der Waals surface area contributed by atoms with Gasteiger partial charge in [-0.05, 0) is 24.5 Å². The molecule has 0 aliphatic heterocycles. The summed E-state index contributed by atoms with van der Waals surface area (Å²) in [7, 11) is 0. The number of nitrogens with one attached hydrogen (secondary N) is 1. The number of aliphatic hydroxyl groups excluding tert-OH is 1. The van der Waals surface area contributed by atoms with Gasteiger partial charge in [-0.3, -0.25) is 9.78 Å². The summed E-state index contributed by atoms with van der Waals surface area (Å²) < 4.78 is 0. The fraction of sp³-hybridized carbons (Fsp3) is 0.500. The van der Waals surface area contributed by atoms with Gasteiger partial charge in [-0.25, -0.2) is 0 Å². The zero-order chi connectivity index (χ0) is 12.0. The van der Waals surface area contributed by atoms with Crippen molar-refractivity contribution in [2.75, 3.05) is 6.54 Å². The van der Waals surface area contributed by atoms with E-state index in [1.54, 1.807) is 24.4 Å². The molecule has 0 radical (unpaired) electrons. The summed E-state index contributed by atoms with van der Waals surface area (Å²) in [5.41, 5.74) is 0.374. The number of pyridine rings is 1. The van der Waals surface area contributed by atoms with Crippen molar-refractivity contribution in [3.05, 3.63) is 30.1 Å². The van der Waals surface area contributed by atoms with Crippen molar-refractivity contribution >= 4 is 5.91 Å². The first-order chi connectivity index (χ1) is 7.59. The third-order valence-corrected chi connectivity index (χ3v) is 2.14. The van der Waals surface area contributed by atoms with Gasteiger partial charge in [0.15, 0.2) is 0 Å². The van der Waals surface area contributed by atoms with Crippen LogP contribution in [-0.2, 0) is 0 Å². The van der Waals surface area contributed by atoms with Gasteiger partial charge < -0.3 is 10.4 Å². The van der Waals surface area contributed by atoms with Crippen LogP contribution in [0.1, 0.15) is 30.8 Å². The Morgan fingerprint density at radius 1 is 1.50 bits per heavy atom. The average Bonchev–Trinajstić information content (AvgIpc) is 2.26. The van der Waals surface area contributed by atoms with Crippen LogP contribution in [0.25, 0.3) is 0 Å². The maximum absolute atomic E-state index is 11.6. The molecule has 88 valence electrons. The van der Waals surface area contributed by atoms with E-state index in [4.69, 9.17) is 0 Å². The monoisotopic (exact) mass is 222 g/mol. The lowest BCUT2D eigenvalue weighted by molar-refractivity contribution is 0.0895. The van der Waals surface area contributed by atoms with E-state index in [0.717, 1.165) is 0 Å². The zero-order valence-electron chi connectivity index (χ0n) is 9.68. The van der Waals surface area contributed by atoms with Gasteiger partial charge in [0.2, 0.25) is 0 Å². The van der Waals surface area contributed by atoms with Gasteiger partial charge in [0.25, 0.3) is 5.91 Å². The van der Waals surface area contributed by atoms with Crippen molar-refractivity contribution in [1.29, 1.82) is 0 Å². The minimum Gasteiger partial charge on any atom is -0.391 e. The van der Waals surface area contributed by atoms with Crippen LogP contribution in [0.15, 0.2) is 24.4 Å². The van der Waals surface area contributed by atoms with Gasteiger partial charge in [-0.2, -0.15) is 0 Å². The molecule has 0 aliphatic rings. The minimum absolute atomic E-state index is 0.247. The Kier molecular flexibility index (Phi) is 4.92. The predicted molar refractivity (Wildman–Crippen MR) is 62.0 cm³/mol. The summed E-state index contributed by atoms with van der Waals surface area (Å²) in [5, 5.41) is 12.2. The number of nitrogens with zero attached hydrogens (tertiary/aromatic N) is 1. The lowest BCUT2D eigenvalue weighted by Gasteiger charge is -2.13. The number of rotatable bonds is 5. The average molecular weight is 222 g/mol. The van der Waals surface area contributed by atoms with Gasteiger partial charge in [0.05, 0.1) is 6.10 Å². The van der Waals surface area contributed by atoms with Gasteiger partial charge in [0, 0.05) is 12.7 Å². The highest BCUT2D eigenvalue weighted by Crippen LogP contribution is 2.03. The molecule has 1 amide bonds. The lowest BCUT2D eigenvalue weighted by atomic mass is 10.1. The molecule has 16 heavy (non-hydrogen) atoms. The van der Waals surface area contributed by atoms with E-state index in [-0.39, 0.29) is 12.5 Å². The van der Waals surface area contributed by atoms with E-state index in [9.17, 15) is 9.90 Å². The van der Waals surface area contributed by atoms with Crippen LogP contribution >= 0.6 is 0 Å². The summed E-state index contributed by atoms with van der Waals surface area (Å²) in [6.45, 7) is 4.33. The molecule has 4 heteroatoms. The Balaban J connectivity index is 2.36. The second-order valence-electron chi connectivity index (χ2n) is 4.21. The lowest BCUT2D eigenvalue weighted by Crippen LogP contribution is -2.33. The van der Waals surface area contributed by atoms with Crippen molar-refractivity contribution in [3.8, 4) is 0 Å². The quantitative estimate of drug-likeness (QED) is 0.787. The van der Waals surface area contributed by atoms with Crippen LogP contribution < -0.4 is 5.32 Å². The highest BCUT2D eigenvalue weighted by molar-refractivity contribution is 5.92. The molecule has 1 aromatic heterocycles. The number of hydrogen-bond acceptors (Lipinski definition) is 3. The fourth-order valence-electron chi connectivity index (χ4n) is 1.43. The molecule has 1 unspecified atom stereocenters. The Bertz CT molecular complexity index is 325. The molecule has 0 aliphatic carbocycles. The molecule has 1 aromatic rings. The summed E-state index contributed by atoms with van der Waals surface area (Å²) in [4.78, 5) is 15.5. The number of carbonyl (C=O) groups is 1. The van der Waals surface area contributed by atoms with Crippen LogP contribution in [0.5, 0.6) is 0 Å². The van der Waals surface area contributed by atoms with Crippen molar-refractivity contribution in [3.63, 3.8) is 0 Å². The van der Waals surface area contributed by atoms with Gasteiger partial charge in [-0.1, -0.05) is 19.9 Å². The standard InChI is InChI=1S/C12H18N2O2/c1-9(2)7-10(15)8-14-12(16)11-5-3-4-6-13-11/h3-6,9-10,15H,7-8H2,1-2H3,(H,14,16). The van der Waals surface area contributed by atoms with Crippen LogP contribution in [-0.4, -0.2) is 28.6 Å². The molecule has 1 rings (SSSR count). The van der Waals surface area contributed by atoms with Crippen molar-refractivity contribution in [1.82, 2.24) is 10.3 Å². The molecule has 0 fully saturated rings. The smallest absolute Gasteiger partial charge is 0.269 e. The van der Waals surface area contributed by atoms with E-state index in [0.29, 0.717) is 18.0 Å². The van der Waals surface area contributed by atoms with Gasteiger partial charge in [0.1, 0.15) is 5.69 Å². The SMILES string of the molecule is CC(C)CC(O)CNC(=O)c1ccccn1.